The molecule has 224 valence electrons. The number of rotatable bonds is 11. The van der Waals surface area contributed by atoms with Gasteiger partial charge in [-0.3, -0.25) is 0 Å². The van der Waals surface area contributed by atoms with E-state index in [0.29, 0.717) is 17.8 Å². The maximum atomic E-state index is 15.4. The molecule has 3 aliphatic rings. The Labute approximate surface area is 249 Å². The zero-order valence-electron chi connectivity index (χ0n) is 25.9. The first-order chi connectivity index (χ1) is 20.1. The van der Waals surface area contributed by atoms with Gasteiger partial charge in [0.05, 0.1) is 0 Å². The molecule has 0 nitrogen and oxygen atoms in total. The van der Waals surface area contributed by atoms with E-state index in [1.165, 1.54) is 100 Å². The molecule has 0 saturated heterocycles. The third-order valence-electron chi connectivity index (χ3n) is 11.1. The molecule has 2 aromatic carbocycles. The van der Waals surface area contributed by atoms with Crippen LogP contribution in [0.25, 0.3) is 5.57 Å². The molecule has 0 amide bonds. The van der Waals surface area contributed by atoms with Crippen LogP contribution in [0.4, 0.5) is 8.78 Å². The molecular weight excluding hydrogens is 506 g/mol. The first kappa shape index (κ1) is 30.5. The summed E-state index contributed by atoms with van der Waals surface area (Å²) in [6.07, 6.45) is 23.9. The van der Waals surface area contributed by atoms with Crippen LogP contribution in [0.15, 0.2) is 42.5 Å². The Morgan fingerprint density at radius 1 is 0.659 bits per heavy atom. The first-order valence-electron chi connectivity index (χ1n) is 17.3. The average molecular weight is 561 g/mol. The molecule has 0 spiro atoms. The molecular formula is C39H54F2. The van der Waals surface area contributed by atoms with Gasteiger partial charge in [0, 0.05) is 5.56 Å². The fourth-order valence-electron chi connectivity index (χ4n) is 8.35. The molecule has 5 rings (SSSR count). The minimum absolute atomic E-state index is 0.00605. The van der Waals surface area contributed by atoms with Crippen molar-refractivity contribution in [2.45, 2.75) is 141 Å². The molecule has 41 heavy (non-hydrogen) atoms. The van der Waals surface area contributed by atoms with Crippen LogP contribution in [-0.4, -0.2) is 0 Å². The Balaban J connectivity index is 1.10. The highest BCUT2D eigenvalue weighted by molar-refractivity contribution is 5.67. The van der Waals surface area contributed by atoms with E-state index in [2.05, 4.69) is 38.1 Å². The van der Waals surface area contributed by atoms with Crippen molar-refractivity contribution in [2.75, 3.05) is 0 Å². The Kier molecular flexibility index (Phi) is 11.1. The van der Waals surface area contributed by atoms with Gasteiger partial charge in [0.2, 0.25) is 0 Å². The smallest absolute Gasteiger partial charge is 0.130 e. The fraction of sp³-hybridized carbons (Fsp3) is 0.641. The van der Waals surface area contributed by atoms with E-state index in [0.717, 1.165) is 55.1 Å². The maximum absolute atomic E-state index is 15.4. The zero-order chi connectivity index (χ0) is 28.6. The topological polar surface area (TPSA) is 0 Å². The summed E-state index contributed by atoms with van der Waals surface area (Å²) in [5.74, 6) is 3.38. The summed E-state index contributed by atoms with van der Waals surface area (Å²) in [5, 5.41) is 0. The van der Waals surface area contributed by atoms with Crippen molar-refractivity contribution in [3.8, 4) is 0 Å². The second-order valence-corrected chi connectivity index (χ2v) is 13.8. The summed E-state index contributed by atoms with van der Waals surface area (Å²) in [4.78, 5) is 0. The van der Waals surface area contributed by atoms with Gasteiger partial charge in [0.25, 0.3) is 0 Å². The molecule has 0 N–H and O–H groups in total. The van der Waals surface area contributed by atoms with E-state index in [9.17, 15) is 4.39 Å². The highest BCUT2D eigenvalue weighted by atomic mass is 19.1. The third-order valence-corrected chi connectivity index (χ3v) is 11.1. The Morgan fingerprint density at radius 2 is 1.32 bits per heavy atom. The van der Waals surface area contributed by atoms with Crippen molar-refractivity contribution in [3.63, 3.8) is 0 Å². The molecule has 1 atom stereocenters. The summed E-state index contributed by atoms with van der Waals surface area (Å²) in [6, 6.07) is 12.2. The van der Waals surface area contributed by atoms with Crippen LogP contribution >= 0.6 is 0 Å². The van der Waals surface area contributed by atoms with Gasteiger partial charge in [-0.25, -0.2) is 8.78 Å². The van der Waals surface area contributed by atoms with Crippen molar-refractivity contribution >= 4 is 5.57 Å². The minimum atomic E-state index is -0.00859. The molecule has 1 unspecified atom stereocenters. The van der Waals surface area contributed by atoms with Crippen LogP contribution in [0.2, 0.25) is 0 Å². The van der Waals surface area contributed by atoms with Crippen LogP contribution in [0, 0.1) is 29.4 Å². The molecule has 0 radical (unpaired) electrons. The van der Waals surface area contributed by atoms with Crippen molar-refractivity contribution in [3.05, 3.63) is 76.4 Å². The normalized spacial score (nSPS) is 27.0. The van der Waals surface area contributed by atoms with E-state index in [4.69, 9.17) is 0 Å². The van der Waals surface area contributed by atoms with Gasteiger partial charge < -0.3 is 0 Å². The van der Waals surface area contributed by atoms with Crippen LogP contribution in [0.5, 0.6) is 0 Å². The highest BCUT2D eigenvalue weighted by Gasteiger charge is 2.30. The Bertz CT molecular complexity index is 1130. The lowest BCUT2D eigenvalue weighted by molar-refractivity contribution is 0.220. The van der Waals surface area contributed by atoms with E-state index < -0.39 is 0 Å². The summed E-state index contributed by atoms with van der Waals surface area (Å²) in [5.41, 5.74) is 5.36. The number of hydrogen-bond acceptors (Lipinski definition) is 0. The number of aryl methyl sites for hydroxylation is 1. The van der Waals surface area contributed by atoms with Gasteiger partial charge in [-0.05, 0) is 147 Å². The molecule has 0 aromatic heterocycles. The minimum Gasteiger partial charge on any atom is -0.207 e. The summed E-state index contributed by atoms with van der Waals surface area (Å²) < 4.78 is 30.0. The molecule has 0 aliphatic heterocycles. The van der Waals surface area contributed by atoms with E-state index in [1.807, 2.05) is 18.2 Å². The van der Waals surface area contributed by atoms with Gasteiger partial charge in [-0.15, -0.1) is 0 Å². The molecule has 2 aromatic rings. The molecule has 0 heterocycles. The van der Waals surface area contributed by atoms with Crippen molar-refractivity contribution in [2.24, 2.45) is 17.8 Å². The van der Waals surface area contributed by atoms with Crippen LogP contribution in [0.3, 0.4) is 0 Å². The second kappa shape index (κ2) is 15.0. The zero-order valence-corrected chi connectivity index (χ0v) is 25.9. The van der Waals surface area contributed by atoms with Crippen LogP contribution < -0.4 is 0 Å². The van der Waals surface area contributed by atoms with Gasteiger partial charge in [0.1, 0.15) is 11.6 Å². The Morgan fingerprint density at radius 3 is 1.93 bits per heavy atom. The number of allylic oxidation sites excluding steroid dienone is 2. The number of benzene rings is 2. The quantitative estimate of drug-likeness (QED) is 0.240. The molecule has 2 fully saturated rings. The maximum Gasteiger partial charge on any atom is 0.130 e. The predicted molar refractivity (Wildman–Crippen MR) is 170 cm³/mol. The Hall–Kier alpha value is -1.96. The van der Waals surface area contributed by atoms with Crippen molar-refractivity contribution < 1.29 is 8.78 Å². The number of hydrogen-bond donors (Lipinski definition) is 0. The van der Waals surface area contributed by atoms with E-state index >= 15 is 4.39 Å². The van der Waals surface area contributed by atoms with Crippen molar-refractivity contribution in [1.29, 1.82) is 0 Å². The molecule has 2 saturated carbocycles. The van der Waals surface area contributed by atoms with Crippen LogP contribution in [-0.2, 0) is 6.42 Å². The van der Waals surface area contributed by atoms with Crippen molar-refractivity contribution in [1.82, 2.24) is 0 Å². The lowest BCUT2D eigenvalue weighted by atomic mass is 9.70. The number of halogens is 2. The largest absolute Gasteiger partial charge is 0.207 e. The van der Waals surface area contributed by atoms with E-state index in [1.54, 1.807) is 0 Å². The first-order valence-corrected chi connectivity index (χ1v) is 17.3. The highest BCUT2D eigenvalue weighted by Crippen LogP contribution is 2.45. The molecule has 3 aliphatic carbocycles. The lowest BCUT2D eigenvalue weighted by Crippen LogP contribution is -2.22. The standard InChI is InChI=1S/C39H54F2/c1-3-5-7-8-28-10-12-31(13-11-28)36-24-25-37(39(41)27-36)33-20-18-30(19-21-33)29-14-16-32(17-15-29)35-23-22-34(9-6-4-2)38(40)26-35/h20,22-32H,3-19,21H2,1-2H3. The predicted octanol–water partition coefficient (Wildman–Crippen LogP) is 12.3. The number of unbranched alkanes of at least 4 members (excludes halogenated alkanes) is 3. The summed E-state index contributed by atoms with van der Waals surface area (Å²) in [6.45, 7) is 4.44. The summed E-state index contributed by atoms with van der Waals surface area (Å²) >= 11 is 0. The second-order valence-electron chi connectivity index (χ2n) is 13.8. The molecule has 0 bridgehead atoms. The van der Waals surface area contributed by atoms with Gasteiger partial charge in [-0.2, -0.15) is 0 Å². The third kappa shape index (κ3) is 7.91. The van der Waals surface area contributed by atoms with E-state index in [-0.39, 0.29) is 11.6 Å². The van der Waals surface area contributed by atoms with Gasteiger partial charge in [0.15, 0.2) is 0 Å². The summed E-state index contributed by atoms with van der Waals surface area (Å²) in [7, 11) is 0. The van der Waals surface area contributed by atoms with Gasteiger partial charge in [-0.1, -0.05) is 76.3 Å². The van der Waals surface area contributed by atoms with Crippen LogP contribution in [0.1, 0.15) is 157 Å². The fourth-order valence-corrected chi connectivity index (χ4v) is 8.35. The molecule has 2 heteroatoms. The lowest BCUT2D eigenvalue weighted by Gasteiger charge is -2.36. The average Bonchev–Trinajstić information content (AvgIpc) is 3.01. The SMILES string of the molecule is CCCCCC1CCC(c2ccc(C3=CCC(C4CCC(c5ccc(CCCC)c(F)c5)CC4)CC3)c(F)c2)CC1. The van der Waals surface area contributed by atoms with Gasteiger partial charge >= 0.3 is 0 Å². The monoisotopic (exact) mass is 560 g/mol.